The van der Waals surface area contributed by atoms with Gasteiger partial charge in [0.2, 0.25) is 5.91 Å². The summed E-state index contributed by atoms with van der Waals surface area (Å²) in [5.74, 6) is 0.623. The molecule has 5 nitrogen and oxygen atoms in total. The molecule has 1 unspecified atom stereocenters. The third kappa shape index (κ3) is 6.99. The van der Waals surface area contributed by atoms with Crippen LogP contribution < -0.4 is 10.1 Å². The summed E-state index contributed by atoms with van der Waals surface area (Å²) in [5.41, 5.74) is 2.94. The molecule has 0 saturated heterocycles. The number of carbonyl (C=O) groups excluding carboxylic acids is 2. The second-order valence-electron chi connectivity index (χ2n) is 7.69. The first-order valence-corrected chi connectivity index (χ1v) is 11.0. The lowest BCUT2D eigenvalue weighted by atomic mass is 10.0. The van der Waals surface area contributed by atoms with Crippen LogP contribution in [0.25, 0.3) is 10.9 Å². The second kappa shape index (κ2) is 11.9. The van der Waals surface area contributed by atoms with Crippen LogP contribution in [0.4, 0.5) is 0 Å². The zero-order valence-corrected chi connectivity index (χ0v) is 19.2. The van der Waals surface area contributed by atoms with Crippen LogP contribution in [0.1, 0.15) is 46.6 Å². The molecule has 1 heterocycles. The minimum atomic E-state index is -0.457. The molecule has 2 N–H and O–H groups in total. The third-order valence-electron chi connectivity index (χ3n) is 4.97. The first-order valence-electron chi connectivity index (χ1n) is 11.0. The van der Waals surface area contributed by atoms with Gasteiger partial charge in [-0.25, -0.2) is 0 Å². The topological polar surface area (TPSA) is 71.2 Å². The molecule has 1 amide bonds. The van der Waals surface area contributed by atoms with E-state index >= 15 is 0 Å². The number of amides is 1. The molecule has 1 aromatic heterocycles. The maximum Gasteiger partial charge on any atom is 0.225 e. The van der Waals surface area contributed by atoms with E-state index in [-0.39, 0.29) is 24.0 Å². The fraction of sp³-hybridized carbons (Fsp3) is 0.385. The summed E-state index contributed by atoms with van der Waals surface area (Å²) in [6.45, 7) is 9.85. The average molecular weight is 423 g/mol. The number of carbonyl (C=O) groups is 2. The predicted octanol–water partition coefficient (Wildman–Crippen LogP) is 5.29. The van der Waals surface area contributed by atoms with E-state index in [4.69, 9.17) is 4.74 Å². The monoisotopic (exact) mass is 422 g/mol. The van der Waals surface area contributed by atoms with Gasteiger partial charge in [0, 0.05) is 17.1 Å². The van der Waals surface area contributed by atoms with Crippen LogP contribution in [0.2, 0.25) is 0 Å². The van der Waals surface area contributed by atoms with E-state index in [1.165, 1.54) is 6.92 Å². The van der Waals surface area contributed by atoms with Gasteiger partial charge < -0.3 is 15.0 Å². The Hall–Kier alpha value is -3.08. The molecule has 1 aromatic carbocycles. The fourth-order valence-electron chi connectivity index (χ4n) is 3.42. The van der Waals surface area contributed by atoms with Gasteiger partial charge in [0.1, 0.15) is 12.4 Å². The molecule has 0 saturated carbocycles. The number of aromatic nitrogens is 1. The number of aromatic amines is 1. The van der Waals surface area contributed by atoms with Gasteiger partial charge in [0.25, 0.3) is 0 Å². The van der Waals surface area contributed by atoms with E-state index in [2.05, 4.69) is 28.5 Å². The molecular formula is C26H34N2O3. The SMILES string of the molecule is CC.CC(=O)C(NC(=O)Cc1c[nH]c2ccc(OCC3=CC=CCC=C3)cc12)C(C)C. The summed E-state index contributed by atoms with van der Waals surface area (Å²) >= 11 is 0. The van der Waals surface area contributed by atoms with E-state index in [0.717, 1.165) is 34.2 Å². The molecule has 5 heteroatoms. The maximum atomic E-state index is 12.5. The molecular weight excluding hydrogens is 388 g/mol. The van der Waals surface area contributed by atoms with Crippen LogP contribution in [0.5, 0.6) is 5.75 Å². The number of ether oxygens (including phenoxy) is 1. The highest BCUT2D eigenvalue weighted by Gasteiger charge is 2.21. The van der Waals surface area contributed by atoms with Crippen molar-refractivity contribution in [2.75, 3.05) is 6.61 Å². The van der Waals surface area contributed by atoms with E-state index in [1.54, 1.807) is 0 Å². The standard InChI is InChI=1S/C24H28N2O3.C2H6/c1-16(2)24(17(3)27)26-23(28)12-19-14-25-22-11-10-20(13-21(19)22)29-15-18-8-6-4-5-7-9-18;1-2/h4,6-11,13-14,16,24-25H,5,12,15H2,1-3H3,(H,26,28);1-2H3. The number of H-pyrrole nitrogens is 1. The molecule has 1 aliphatic carbocycles. The van der Waals surface area contributed by atoms with Crippen LogP contribution in [-0.4, -0.2) is 29.3 Å². The zero-order chi connectivity index (χ0) is 22.8. The average Bonchev–Trinajstić information content (AvgIpc) is 2.96. The first kappa shape index (κ1) is 24.2. The highest BCUT2D eigenvalue weighted by Crippen LogP contribution is 2.25. The highest BCUT2D eigenvalue weighted by molar-refractivity contribution is 5.92. The number of hydrogen-bond donors (Lipinski definition) is 2. The lowest BCUT2D eigenvalue weighted by Crippen LogP contribution is -2.43. The Kier molecular flexibility index (Phi) is 9.32. The summed E-state index contributed by atoms with van der Waals surface area (Å²) in [6, 6.07) is 5.37. The van der Waals surface area contributed by atoms with Crippen LogP contribution in [-0.2, 0) is 16.0 Å². The van der Waals surface area contributed by atoms with Gasteiger partial charge in [-0.05, 0) is 48.6 Å². The molecule has 166 valence electrons. The van der Waals surface area contributed by atoms with Crippen molar-refractivity contribution in [3.63, 3.8) is 0 Å². The van der Waals surface area contributed by atoms with E-state index < -0.39 is 6.04 Å². The van der Waals surface area contributed by atoms with Gasteiger partial charge in [-0.15, -0.1) is 0 Å². The minimum absolute atomic E-state index is 0.0281. The number of hydrogen-bond acceptors (Lipinski definition) is 3. The van der Waals surface area contributed by atoms with Crippen molar-refractivity contribution in [2.24, 2.45) is 5.92 Å². The Morgan fingerprint density at radius 2 is 1.97 bits per heavy atom. The van der Waals surface area contributed by atoms with Gasteiger partial charge in [-0.1, -0.05) is 58.1 Å². The van der Waals surface area contributed by atoms with Crippen LogP contribution in [0.15, 0.2) is 60.3 Å². The molecule has 0 aliphatic heterocycles. The Labute approximate surface area is 185 Å². The number of fused-ring (bicyclic) bond motifs is 1. The number of ketones is 1. The Morgan fingerprint density at radius 3 is 2.68 bits per heavy atom. The molecule has 0 bridgehead atoms. The normalized spacial score (nSPS) is 13.8. The predicted molar refractivity (Wildman–Crippen MR) is 127 cm³/mol. The summed E-state index contributed by atoms with van der Waals surface area (Å²) in [7, 11) is 0. The van der Waals surface area contributed by atoms with Crippen molar-refractivity contribution in [3.05, 3.63) is 65.9 Å². The zero-order valence-electron chi connectivity index (χ0n) is 19.2. The molecule has 0 fully saturated rings. The summed E-state index contributed by atoms with van der Waals surface area (Å²) in [4.78, 5) is 27.4. The number of nitrogens with one attached hydrogen (secondary N) is 2. The largest absolute Gasteiger partial charge is 0.489 e. The number of allylic oxidation sites excluding steroid dienone is 4. The molecule has 1 atom stereocenters. The van der Waals surface area contributed by atoms with Crippen molar-refractivity contribution in [3.8, 4) is 5.75 Å². The molecule has 31 heavy (non-hydrogen) atoms. The van der Waals surface area contributed by atoms with Crippen molar-refractivity contribution in [2.45, 2.75) is 53.5 Å². The van der Waals surface area contributed by atoms with Gasteiger partial charge in [0.15, 0.2) is 5.78 Å². The van der Waals surface area contributed by atoms with E-state index in [0.29, 0.717) is 6.61 Å². The fourth-order valence-corrected chi connectivity index (χ4v) is 3.42. The Bertz CT molecular complexity index is 980. The number of benzene rings is 1. The molecule has 0 radical (unpaired) electrons. The van der Waals surface area contributed by atoms with Gasteiger partial charge >= 0.3 is 0 Å². The first-order chi connectivity index (χ1) is 14.9. The quantitative estimate of drug-likeness (QED) is 0.607. The molecule has 3 rings (SSSR count). The lowest BCUT2D eigenvalue weighted by molar-refractivity contribution is -0.127. The van der Waals surface area contributed by atoms with Crippen LogP contribution in [0.3, 0.4) is 0 Å². The Balaban J connectivity index is 0.00000166. The van der Waals surface area contributed by atoms with Crippen molar-refractivity contribution in [1.29, 1.82) is 0 Å². The third-order valence-corrected chi connectivity index (χ3v) is 4.97. The van der Waals surface area contributed by atoms with Crippen molar-refractivity contribution >= 4 is 22.6 Å². The number of rotatable bonds is 8. The maximum absolute atomic E-state index is 12.5. The number of Topliss-reactive ketones (excluding diaryl/α,β-unsaturated/α-hetero) is 1. The van der Waals surface area contributed by atoms with Crippen LogP contribution >= 0.6 is 0 Å². The second-order valence-corrected chi connectivity index (χ2v) is 7.69. The highest BCUT2D eigenvalue weighted by atomic mass is 16.5. The molecule has 1 aliphatic rings. The van der Waals surface area contributed by atoms with Crippen LogP contribution in [0, 0.1) is 5.92 Å². The van der Waals surface area contributed by atoms with Crippen molar-refractivity contribution < 1.29 is 14.3 Å². The van der Waals surface area contributed by atoms with Gasteiger partial charge in [-0.2, -0.15) is 0 Å². The smallest absolute Gasteiger partial charge is 0.225 e. The minimum Gasteiger partial charge on any atom is -0.489 e. The molecule has 0 spiro atoms. The molecule has 2 aromatic rings. The van der Waals surface area contributed by atoms with E-state index in [9.17, 15) is 9.59 Å². The summed E-state index contributed by atoms with van der Waals surface area (Å²) in [6.07, 6.45) is 13.3. The van der Waals surface area contributed by atoms with Gasteiger partial charge in [0.05, 0.1) is 12.5 Å². The summed E-state index contributed by atoms with van der Waals surface area (Å²) < 4.78 is 5.95. The Morgan fingerprint density at radius 1 is 1.19 bits per heavy atom. The van der Waals surface area contributed by atoms with Gasteiger partial charge in [-0.3, -0.25) is 9.59 Å². The summed E-state index contributed by atoms with van der Waals surface area (Å²) in [5, 5.41) is 3.80. The van der Waals surface area contributed by atoms with E-state index in [1.807, 2.05) is 64.2 Å². The van der Waals surface area contributed by atoms with Crippen molar-refractivity contribution in [1.82, 2.24) is 10.3 Å². The lowest BCUT2D eigenvalue weighted by Gasteiger charge is -2.19.